The molecule has 0 aliphatic heterocycles. The number of hydrogen-bond donors (Lipinski definition) is 6. The highest BCUT2D eigenvalue weighted by atomic mass is 16.4. The minimum atomic E-state index is -1.17. The monoisotopic (exact) mass is 434 g/mol. The second-order valence-electron chi connectivity index (χ2n) is 7.84. The summed E-state index contributed by atoms with van der Waals surface area (Å²) in [5.74, 6) is -2.20. The van der Waals surface area contributed by atoms with E-state index in [0.717, 1.165) is 5.56 Å². The molecule has 1 rings (SSSR count). The molecular weight excluding hydrogens is 400 g/mol. The van der Waals surface area contributed by atoms with E-state index < -0.39 is 35.9 Å². The molecule has 31 heavy (non-hydrogen) atoms. The normalized spacial score (nSPS) is 13.7. The number of aliphatic imine (C=N–C) groups is 1. The fraction of sp³-hybridized carbons (Fsp3) is 0.524. The predicted octanol–water partition coefficient (Wildman–Crippen LogP) is -0.290. The SMILES string of the molecule is CC(C)C[C@H](NC(=O)[C@@H](N)Cc1ccccc1)C(=O)N[C@@H](CCCN=C(N)N)C(=O)O. The van der Waals surface area contributed by atoms with Gasteiger partial charge in [-0.15, -0.1) is 0 Å². The summed E-state index contributed by atoms with van der Waals surface area (Å²) in [5.41, 5.74) is 17.4. The van der Waals surface area contributed by atoms with Crippen LogP contribution >= 0.6 is 0 Å². The maximum atomic E-state index is 12.8. The number of carboxylic acids is 1. The number of carbonyl (C=O) groups excluding carboxylic acids is 2. The molecule has 1 aromatic carbocycles. The van der Waals surface area contributed by atoms with Gasteiger partial charge in [-0.3, -0.25) is 14.6 Å². The van der Waals surface area contributed by atoms with E-state index in [1.165, 1.54) is 0 Å². The number of nitrogens with one attached hydrogen (secondary N) is 2. The van der Waals surface area contributed by atoms with Crippen molar-refractivity contribution in [2.75, 3.05) is 6.54 Å². The summed E-state index contributed by atoms with van der Waals surface area (Å²) >= 11 is 0. The van der Waals surface area contributed by atoms with Gasteiger partial charge in [0.25, 0.3) is 0 Å². The van der Waals surface area contributed by atoms with Crippen molar-refractivity contribution in [1.82, 2.24) is 10.6 Å². The molecule has 0 heterocycles. The van der Waals surface area contributed by atoms with Crippen LogP contribution in [0.15, 0.2) is 35.3 Å². The Morgan fingerprint density at radius 2 is 1.65 bits per heavy atom. The van der Waals surface area contributed by atoms with Gasteiger partial charge < -0.3 is 32.9 Å². The van der Waals surface area contributed by atoms with Gasteiger partial charge in [-0.05, 0) is 37.2 Å². The fourth-order valence-corrected chi connectivity index (χ4v) is 2.98. The van der Waals surface area contributed by atoms with Crippen LogP contribution in [0.2, 0.25) is 0 Å². The van der Waals surface area contributed by atoms with Crippen molar-refractivity contribution in [2.45, 2.75) is 57.7 Å². The summed E-state index contributed by atoms with van der Waals surface area (Å²) < 4.78 is 0. The van der Waals surface area contributed by atoms with Crippen molar-refractivity contribution in [1.29, 1.82) is 0 Å². The minimum absolute atomic E-state index is 0.0811. The Labute approximate surface area is 182 Å². The van der Waals surface area contributed by atoms with E-state index >= 15 is 0 Å². The van der Waals surface area contributed by atoms with Gasteiger partial charge in [0.2, 0.25) is 11.8 Å². The van der Waals surface area contributed by atoms with Crippen LogP contribution in [0, 0.1) is 5.92 Å². The molecule has 3 atom stereocenters. The molecular formula is C21H34N6O4. The maximum Gasteiger partial charge on any atom is 0.326 e. The van der Waals surface area contributed by atoms with Crippen molar-refractivity contribution in [2.24, 2.45) is 28.1 Å². The summed E-state index contributed by atoms with van der Waals surface area (Å²) in [6.45, 7) is 4.06. The number of nitrogens with zero attached hydrogens (tertiary/aromatic N) is 1. The van der Waals surface area contributed by atoms with Crippen LogP contribution in [0.25, 0.3) is 0 Å². The highest BCUT2D eigenvalue weighted by Gasteiger charge is 2.28. The van der Waals surface area contributed by atoms with Gasteiger partial charge >= 0.3 is 5.97 Å². The predicted molar refractivity (Wildman–Crippen MR) is 119 cm³/mol. The molecule has 0 aliphatic rings. The van der Waals surface area contributed by atoms with E-state index in [2.05, 4.69) is 15.6 Å². The first-order valence-electron chi connectivity index (χ1n) is 10.3. The van der Waals surface area contributed by atoms with E-state index in [1.807, 2.05) is 44.2 Å². The van der Waals surface area contributed by atoms with E-state index in [4.69, 9.17) is 17.2 Å². The lowest BCUT2D eigenvalue weighted by molar-refractivity contribution is -0.142. The summed E-state index contributed by atoms with van der Waals surface area (Å²) in [6.07, 6.45) is 1.19. The highest BCUT2D eigenvalue weighted by Crippen LogP contribution is 2.08. The van der Waals surface area contributed by atoms with E-state index in [9.17, 15) is 19.5 Å². The molecule has 0 radical (unpaired) electrons. The average molecular weight is 435 g/mol. The highest BCUT2D eigenvalue weighted by molar-refractivity contribution is 5.91. The van der Waals surface area contributed by atoms with Crippen LogP contribution in [0.1, 0.15) is 38.7 Å². The zero-order valence-corrected chi connectivity index (χ0v) is 18.1. The van der Waals surface area contributed by atoms with Gasteiger partial charge in [-0.1, -0.05) is 44.2 Å². The number of amides is 2. The molecule has 0 aliphatic carbocycles. The lowest BCUT2D eigenvalue weighted by Gasteiger charge is -2.24. The average Bonchev–Trinajstić information content (AvgIpc) is 2.69. The standard InChI is InChI=1S/C21H34N6O4/c1-13(2)11-17(27-18(28)15(22)12-14-7-4-3-5-8-14)19(29)26-16(20(30)31)9-6-10-25-21(23)24/h3-5,7-8,13,15-17H,6,9-12,22H2,1-2H3,(H,26,29)(H,27,28)(H,30,31)(H4,23,24,25)/t15-,16-,17-/m0/s1. The Bertz CT molecular complexity index is 749. The Morgan fingerprint density at radius 3 is 2.19 bits per heavy atom. The zero-order valence-electron chi connectivity index (χ0n) is 18.1. The molecule has 172 valence electrons. The van der Waals surface area contributed by atoms with Crippen LogP contribution in [-0.2, 0) is 20.8 Å². The molecule has 0 saturated heterocycles. The quantitative estimate of drug-likeness (QED) is 0.140. The van der Waals surface area contributed by atoms with Crippen molar-refractivity contribution < 1.29 is 19.5 Å². The van der Waals surface area contributed by atoms with Gasteiger partial charge in [-0.2, -0.15) is 0 Å². The van der Waals surface area contributed by atoms with Crippen LogP contribution in [-0.4, -0.2) is 53.5 Å². The Morgan fingerprint density at radius 1 is 1.03 bits per heavy atom. The summed E-state index contributed by atoms with van der Waals surface area (Å²) in [7, 11) is 0. The molecule has 10 heteroatoms. The van der Waals surface area contributed by atoms with Gasteiger partial charge in [-0.25, -0.2) is 4.79 Å². The number of guanidine groups is 1. The first-order valence-corrected chi connectivity index (χ1v) is 10.3. The Balaban J connectivity index is 2.74. The van der Waals surface area contributed by atoms with Crippen LogP contribution < -0.4 is 27.8 Å². The molecule has 0 saturated carbocycles. The summed E-state index contributed by atoms with van der Waals surface area (Å²) in [5, 5.41) is 14.6. The maximum absolute atomic E-state index is 12.8. The molecule has 9 N–H and O–H groups in total. The molecule has 0 bridgehead atoms. The molecule has 10 nitrogen and oxygen atoms in total. The molecule has 2 amide bonds. The number of rotatable bonds is 13. The zero-order chi connectivity index (χ0) is 23.4. The number of aliphatic carboxylic acids is 1. The van der Waals surface area contributed by atoms with Crippen molar-refractivity contribution >= 4 is 23.7 Å². The van der Waals surface area contributed by atoms with Crippen molar-refractivity contribution in [3.63, 3.8) is 0 Å². The molecule has 0 fully saturated rings. The molecule has 0 unspecified atom stereocenters. The number of carbonyl (C=O) groups is 3. The second-order valence-corrected chi connectivity index (χ2v) is 7.84. The van der Waals surface area contributed by atoms with Crippen molar-refractivity contribution in [3.05, 3.63) is 35.9 Å². The third kappa shape index (κ3) is 10.4. The number of benzene rings is 1. The first kappa shape index (κ1) is 25.9. The molecule has 0 aromatic heterocycles. The number of hydrogen-bond acceptors (Lipinski definition) is 5. The third-order valence-electron chi connectivity index (χ3n) is 4.54. The topological polar surface area (TPSA) is 186 Å². The van der Waals surface area contributed by atoms with Crippen molar-refractivity contribution in [3.8, 4) is 0 Å². The van der Waals surface area contributed by atoms with E-state index in [-0.39, 0.29) is 24.8 Å². The smallest absolute Gasteiger partial charge is 0.326 e. The second kappa shape index (κ2) is 13.2. The first-order chi connectivity index (χ1) is 14.6. The third-order valence-corrected chi connectivity index (χ3v) is 4.54. The number of carboxylic acid groups (broad SMARTS) is 1. The molecule has 1 aromatic rings. The molecule has 0 spiro atoms. The van der Waals surface area contributed by atoms with Gasteiger partial charge in [0.1, 0.15) is 12.1 Å². The Kier molecular flexibility index (Phi) is 11.0. The lowest BCUT2D eigenvalue weighted by atomic mass is 10.0. The largest absolute Gasteiger partial charge is 0.480 e. The minimum Gasteiger partial charge on any atom is -0.480 e. The van der Waals surface area contributed by atoms with Gasteiger partial charge in [0.05, 0.1) is 6.04 Å². The summed E-state index contributed by atoms with van der Waals surface area (Å²) in [4.78, 5) is 40.7. The van der Waals surface area contributed by atoms with Crippen LogP contribution in [0.5, 0.6) is 0 Å². The number of nitrogens with two attached hydrogens (primary N) is 3. The van der Waals surface area contributed by atoms with Gasteiger partial charge in [0, 0.05) is 6.54 Å². The lowest BCUT2D eigenvalue weighted by Crippen LogP contribution is -2.55. The fourth-order valence-electron chi connectivity index (χ4n) is 2.98. The van der Waals surface area contributed by atoms with Gasteiger partial charge in [0.15, 0.2) is 5.96 Å². The van der Waals surface area contributed by atoms with E-state index in [1.54, 1.807) is 0 Å². The van der Waals surface area contributed by atoms with Crippen LogP contribution in [0.4, 0.5) is 0 Å². The van der Waals surface area contributed by atoms with Crippen LogP contribution in [0.3, 0.4) is 0 Å². The summed E-state index contributed by atoms with van der Waals surface area (Å²) in [6, 6.07) is 6.47. The Hall–Kier alpha value is -3.14. The van der Waals surface area contributed by atoms with E-state index in [0.29, 0.717) is 19.3 Å².